The van der Waals surface area contributed by atoms with Gasteiger partial charge in [-0.25, -0.2) is 0 Å². The van der Waals surface area contributed by atoms with Crippen LogP contribution in [0.15, 0.2) is 109 Å². The van der Waals surface area contributed by atoms with Crippen molar-refractivity contribution in [2.24, 2.45) is 92.7 Å². The number of hydrogen-bond donors (Lipinski definition) is 4. The van der Waals surface area contributed by atoms with E-state index >= 15 is 0 Å². The molecule has 2 radical (unpaired) electrons. The van der Waals surface area contributed by atoms with Crippen molar-refractivity contribution < 1.29 is 117 Å². The maximum absolute atomic E-state index is 13.8. The standard InChI is InChI=1S/C76H102N2O6.2Ac/c1-47-17-31-69(81)77-43-49-19-23-53(24-20-49)56-34-36-74(4)58(38-56)40-66(80)72-62-30-28-60(76(62,6)68(42-64(72)74)84-46-52-15-11-8-12-16-52)48(2)18-32-70(82)78-44-50-21-25-54(26-22-50)55-33-35-73(3)57(37-55)39-65(79)71-61-29-27-59(47)75(61,5)67(41-63(71)73)83-45-51-13-9-7-10-14-51;;/h7-16,19-26,47-48,55-68,71-72,79-80H,17-18,27-46H2,1-6H3,(H,77,81)(H,78,82);;/t47?,48?,55-,56-,57?,58?,59-,60?,61+,62?,63?,64?,65?,66?,67?,68?,71+,72?,73?,74?,75?,76?;;/m1../s1. The van der Waals surface area contributed by atoms with Gasteiger partial charge in [-0.2, -0.15) is 0 Å². The number of hydrogen-bond acceptors (Lipinski definition) is 6. The third-order valence-corrected chi connectivity index (χ3v) is 27.2. The maximum atomic E-state index is 13.8. The van der Waals surface area contributed by atoms with Gasteiger partial charge in [-0.15, -0.1) is 0 Å². The molecule has 0 aromatic heterocycles. The second-order valence-corrected chi connectivity index (χ2v) is 30.7. The first-order chi connectivity index (χ1) is 40.5. The number of ether oxygens (including phenoxy) is 2. The van der Waals surface area contributed by atoms with E-state index < -0.39 is 0 Å². The molecule has 0 saturated heterocycles. The van der Waals surface area contributed by atoms with Crippen LogP contribution in [0.5, 0.6) is 0 Å². The molecule has 4 N–H and O–H groups in total. The quantitative estimate of drug-likeness (QED) is 0.153. The summed E-state index contributed by atoms with van der Waals surface area (Å²) in [7, 11) is 0. The Morgan fingerprint density at radius 2 is 0.826 bits per heavy atom. The summed E-state index contributed by atoms with van der Waals surface area (Å²) >= 11 is 0. The van der Waals surface area contributed by atoms with Gasteiger partial charge in [0, 0.05) is 125 Å². The van der Waals surface area contributed by atoms with Gasteiger partial charge in [0.05, 0.1) is 37.6 Å². The Morgan fingerprint density at radius 1 is 0.453 bits per heavy atom. The molecule has 26 rings (SSSR count). The van der Waals surface area contributed by atoms with Gasteiger partial charge < -0.3 is 30.3 Å². The molecular weight excluding hydrogens is 1490 g/mol. The van der Waals surface area contributed by atoms with Gasteiger partial charge >= 0.3 is 0 Å². The van der Waals surface area contributed by atoms with Crippen molar-refractivity contribution in [1.82, 2.24) is 10.6 Å². The van der Waals surface area contributed by atoms with Crippen LogP contribution in [0.2, 0.25) is 0 Å². The van der Waals surface area contributed by atoms with E-state index in [1.54, 1.807) is 0 Å². The minimum absolute atomic E-state index is 0. The first-order valence-electron chi connectivity index (χ1n) is 33.9. The summed E-state index contributed by atoms with van der Waals surface area (Å²) in [6, 6.07) is 39.7. The van der Waals surface area contributed by atoms with Gasteiger partial charge in [-0.1, -0.05) is 151 Å². The molecule has 22 aliphatic rings. The molecular formula is C76H102Ac2N2O6. The summed E-state index contributed by atoms with van der Waals surface area (Å²) in [5.74, 6) is 5.58. The van der Waals surface area contributed by atoms with Crippen molar-refractivity contribution in [3.63, 3.8) is 0 Å². The SMILES string of the molecule is CC1CCC(=O)NCc2ccc(cc2)[C@@H]2CCC3(C)C(CC(O)[C@@H]4C3CC(OCc3ccccc3)C3(C)[C@H](CC[C@@H]43)C(C)CCC(=O)NCc3ccc(cc3)[C@@H]3CCC4(C)C(CC(O)C5C4CC(OCc4ccccc4)C4(C)C1CCC54)C3)C2.[Ac].[Ac]. The van der Waals surface area contributed by atoms with Crippen molar-refractivity contribution in [2.45, 2.75) is 220 Å². The van der Waals surface area contributed by atoms with E-state index in [0.29, 0.717) is 110 Å². The zero-order valence-electron chi connectivity index (χ0n) is 53.0. The van der Waals surface area contributed by atoms with Crippen molar-refractivity contribution >= 4 is 11.8 Å². The van der Waals surface area contributed by atoms with E-state index in [-0.39, 0.29) is 158 Å². The molecule has 458 valence electrons. The van der Waals surface area contributed by atoms with E-state index in [9.17, 15) is 19.8 Å². The van der Waals surface area contributed by atoms with Crippen LogP contribution in [-0.4, -0.2) is 46.4 Å². The van der Waals surface area contributed by atoms with E-state index in [4.69, 9.17) is 9.47 Å². The third-order valence-electron chi connectivity index (χ3n) is 27.2. The van der Waals surface area contributed by atoms with Crippen molar-refractivity contribution in [3.05, 3.63) is 143 Å². The normalized spacial score (nSPS) is 42.1. The number of carbonyl (C=O) groups excluding carboxylic acids is 2. The Bertz CT molecular complexity index is 2730. The number of aliphatic hydroxyl groups excluding tert-OH is 2. The molecule has 4 aromatic rings. The fourth-order valence-corrected chi connectivity index (χ4v) is 22.4. The van der Waals surface area contributed by atoms with E-state index in [1.807, 2.05) is 0 Å². The summed E-state index contributed by atoms with van der Waals surface area (Å²) in [5.41, 5.74) is 7.53. The molecule has 20 bridgehead atoms. The zero-order chi connectivity index (χ0) is 58.1. The zero-order valence-corrected chi connectivity index (χ0v) is 62.5. The Kier molecular flexibility index (Phi) is 20.9. The molecule has 4 aromatic carbocycles. The molecule has 17 unspecified atom stereocenters. The molecule has 8 saturated carbocycles. The maximum Gasteiger partial charge on any atom is 0.220 e. The minimum Gasteiger partial charge on any atom is -0.393 e. The van der Waals surface area contributed by atoms with Crippen LogP contribution in [0.3, 0.4) is 0 Å². The predicted octanol–water partition coefficient (Wildman–Crippen LogP) is 15.3. The average molecular weight is 1590 g/mol. The fraction of sp³-hybridized carbons (Fsp3) is 0.658. The molecule has 0 spiro atoms. The van der Waals surface area contributed by atoms with Gasteiger partial charge in [0.15, 0.2) is 0 Å². The second-order valence-electron chi connectivity index (χ2n) is 30.7. The van der Waals surface area contributed by atoms with Gasteiger partial charge in [-0.3, -0.25) is 9.59 Å². The molecule has 14 heterocycles. The predicted molar refractivity (Wildman–Crippen MR) is 333 cm³/mol. The topological polar surface area (TPSA) is 117 Å². The average Bonchev–Trinajstić information content (AvgIpc) is 1.31. The molecule has 8 nitrogen and oxygen atoms in total. The number of carbonyl (C=O) groups is 2. The van der Waals surface area contributed by atoms with Crippen molar-refractivity contribution in [2.75, 3.05) is 0 Å². The van der Waals surface area contributed by atoms with Gasteiger partial charge in [0.25, 0.3) is 0 Å². The van der Waals surface area contributed by atoms with Crippen LogP contribution in [0.25, 0.3) is 0 Å². The Hall–Kier alpha value is -1.46. The fourth-order valence-electron chi connectivity index (χ4n) is 22.4. The van der Waals surface area contributed by atoms with E-state index in [1.165, 1.54) is 22.3 Å². The van der Waals surface area contributed by atoms with Crippen LogP contribution in [0, 0.1) is 181 Å². The Labute approximate surface area is 588 Å². The summed E-state index contributed by atoms with van der Waals surface area (Å²) in [5, 5.41) is 31.8. The molecule has 8 aliphatic carbocycles. The molecule has 8 fully saturated rings. The monoisotopic (exact) mass is 1590 g/mol. The van der Waals surface area contributed by atoms with Gasteiger partial charge in [0.2, 0.25) is 11.8 Å². The van der Waals surface area contributed by atoms with Crippen LogP contribution in [0.4, 0.5) is 0 Å². The van der Waals surface area contributed by atoms with Crippen molar-refractivity contribution in [3.8, 4) is 0 Å². The Balaban J connectivity index is 0.00000384. The summed E-state index contributed by atoms with van der Waals surface area (Å²) in [6.07, 6.45) is 17.2. The van der Waals surface area contributed by atoms with Crippen LogP contribution < -0.4 is 10.6 Å². The first-order valence-corrected chi connectivity index (χ1v) is 33.9. The molecule has 86 heavy (non-hydrogen) atoms. The molecule has 2 amide bonds. The number of rotatable bonds is 6. The number of aliphatic hydroxyl groups is 2. The van der Waals surface area contributed by atoms with E-state index in [2.05, 4.69) is 161 Å². The van der Waals surface area contributed by atoms with Crippen LogP contribution >= 0.6 is 0 Å². The van der Waals surface area contributed by atoms with Crippen molar-refractivity contribution in [1.29, 1.82) is 0 Å². The number of nitrogens with one attached hydrogen (secondary N) is 2. The molecule has 14 aliphatic heterocycles. The second kappa shape index (κ2) is 27.2. The Morgan fingerprint density at radius 3 is 1.21 bits per heavy atom. The third kappa shape index (κ3) is 12.4. The molecule has 22 atom stereocenters. The molecule has 10 heteroatoms. The van der Waals surface area contributed by atoms with Crippen LogP contribution in [-0.2, 0) is 45.4 Å². The first kappa shape index (κ1) is 66.0. The number of benzene rings is 4. The summed E-state index contributed by atoms with van der Waals surface area (Å²) in [6.45, 7) is 17.3. The number of amides is 2. The summed E-state index contributed by atoms with van der Waals surface area (Å²) < 4.78 is 14.6. The largest absolute Gasteiger partial charge is 0.393 e. The smallest absolute Gasteiger partial charge is 0.220 e. The minimum atomic E-state index is -0.327. The van der Waals surface area contributed by atoms with Gasteiger partial charge in [0.1, 0.15) is 0 Å². The summed E-state index contributed by atoms with van der Waals surface area (Å²) in [4.78, 5) is 27.7. The van der Waals surface area contributed by atoms with E-state index in [0.717, 1.165) is 114 Å². The van der Waals surface area contributed by atoms with Crippen LogP contribution in [0.1, 0.15) is 202 Å². The van der Waals surface area contributed by atoms with Gasteiger partial charge in [-0.05, 0) is 230 Å².